The van der Waals surface area contributed by atoms with E-state index < -0.39 is 5.97 Å². The Morgan fingerprint density at radius 3 is 2.50 bits per heavy atom. The van der Waals surface area contributed by atoms with E-state index in [1.807, 2.05) is 0 Å². The Morgan fingerprint density at radius 2 is 1.89 bits per heavy atom. The third kappa shape index (κ3) is 2.94. The molecule has 18 heavy (non-hydrogen) atoms. The molecule has 0 aliphatic heterocycles. The van der Waals surface area contributed by atoms with Crippen molar-refractivity contribution in [2.75, 3.05) is 5.73 Å². The van der Waals surface area contributed by atoms with Crippen LogP contribution in [0.25, 0.3) is 0 Å². The summed E-state index contributed by atoms with van der Waals surface area (Å²) in [4.78, 5) is 11.0. The Balaban J connectivity index is 2.13. The Bertz CT molecular complexity index is 423. The van der Waals surface area contributed by atoms with Gasteiger partial charge in [-0.05, 0) is 37.8 Å². The van der Waals surface area contributed by atoms with E-state index in [9.17, 15) is 4.79 Å². The molecule has 0 aromatic heterocycles. The molecule has 0 spiro atoms. The van der Waals surface area contributed by atoms with Crippen LogP contribution in [0.3, 0.4) is 0 Å². The predicted octanol–water partition coefficient (Wildman–Crippen LogP) is 3.07. The highest BCUT2D eigenvalue weighted by Gasteiger charge is 2.17. The smallest absolute Gasteiger partial charge is 0.337 e. The van der Waals surface area contributed by atoms with Gasteiger partial charge in [0.05, 0.1) is 17.4 Å². The molecule has 0 radical (unpaired) electrons. The van der Waals surface area contributed by atoms with Crippen molar-refractivity contribution in [3.05, 3.63) is 23.8 Å². The number of nitrogen functional groups attached to an aromatic ring is 1. The van der Waals surface area contributed by atoms with Gasteiger partial charge in [0.1, 0.15) is 5.75 Å². The molecule has 0 bridgehead atoms. The van der Waals surface area contributed by atoms with Gasteiger partial charge in [-0.1, -0.05) is 18.9 Å². The molecule has 1 saturated carbocycles. The fourth-order valence-corrected chi connectivity index (χ4v) is 2.37. The van der Waals surface area contributed by atoms with E-state index in [0.29, 0.717) is 5.75 Å². The molecule has 1 aromatic carbocycles. The predicted molar refractivity (Wildman–Crippen MR) is 69.9 cm³/mol. The summed E-state index contributed by atoms with van der Waals surface area (Å²) >= 11 is 0. The van der Waals surface area contributed by atoms with Gasteiger partial charge in [-0.2, -0.15) is 0 Å². The maximum atomic E-state index is 11.0. The van der Waals surface area contributed by atoms with E-state index in [0.717, 1.165) is 12.8 Å². The summed E-state index contributed by atoms with van der Waals surface area (Å²) in [7, 11) is 0. The second-order valence-corrected chi connectivity index (χ2v) is 4.75. The lowest BCUT2D eigenvalue weighted by Crippen LogP contribution is -2.16. The molecule has 3 N–H and O–H groups in total. The number of para-hydroxylation sites is 1. The zero-order valence-electron chi connectivity index (χ0n) is 10.4. The van der Waals surface area contributed by atoms with Crippen LogP contribution in [-0.2, 0) is 0 Å². The summed E-state index contributed by atoms with van der Waals surface area (Å²) in [6.07, 6.45) is 7.06. The fourth-order valence-electron chi connectivity index (χ4n) is 2.37. The standard InChI is InChI=1S/C14H19NO3/c15-13-11(14(16)17)8-5-9-12(13)18-10-6-3-1-2-4-7-10/h5,8-10H,1-4,6-7,15H2,(H,16,17). The molecule has 0 unspecified atom stereocenters. The summed E-state index contributed by atoms with van der Waals surface area (Å²) in [6, 6.07) is 4.91. The van der Waals surface area contributed by atoms with E-state index >= 15 is 0 Å². The lowest BCUT2D eigenvalue weighted by Gasteiger charge is -2.18. The van der Waals surface area contributed by atoms with Gasteiger partial charge < -0.3 is 15.6 Å². The number of ether oxygens (including phenoxy) is 1. The quantitative estimate of drug-likeness (QED) is 0.638. The number of hydrogen-bond donors (Lipinski definition) is 2. The Kier molecular flexibility index (Phi) is 4.07. The molecule has 0 heterocycles. The number of anilines is 1. The average Bonchev–Trinajstić information content (AvgIpc) is 2.60. The first kappa shape index (κ1) is 12.7. The molecule has 0 atom stereocenters. The molecule has 1 aliphatic rings. The molecule has 4 nitrogen and oxygen atoms in total. The van der Waals surface area contributed by atoms with E-state index in [1.54, 1.807) is 12.1 Å². The topological polar surface area (TPSA) is 72.5 Å². The zero-order valence-corrected chi connectivity index (χ0v) is 10.4. The molecule has 1 fully saturated rings. The van der Waals surface area contributed by atoms with Crippen LogP contribution in [0.4, 0.5) is 5.69 Å². The summed E-state index contributed by atoms with van der Waals surface area (Å²) in [5.74, 6) is -0.513. The van der Waals surface area contributed by atoms with Crippen molar-refractivity contribution in [1.82, 2.24) is 0 Å². The van der Waals surface area contributed by atoms with Gasteiger partial charge >= 0.3 is 5.97 Å². The first-order valence-electron chi connectivity index (χ1n) is 6.47. The summed E-state index contributed by atoms with van der Waals surface area (Å²) in [5, 5.41) is 9.01. The van der Waals surface area contributed by atoms with Crippen molar-refractivity contribution in [1.29, 1.82) is 0 Å². The van der Waals surface area contributed by atoms with E-state index in [2.05, 4.69) is 0 Å². The van der Waals surface area contributed by atoms with Crippen molar-refractivity contribution in [2.45, 2.75) is 44.6 Å². The molecular formula is C14H19NO3. The highest BCUT2D eigenvalue weighted by Crippen LogP contribution is 2.29. The van der Waals surface area contributed by atoms with E-state index in [-0.39, 0.29) is 17.4 Å². The van der Waals surface area contributed by atoms with E-state index in [1.165, 1.54) is 31.7 Å². The van der Waals surface area contributed by atoms with Gasteiger partial charge in [0.15, 0.2) is 0 Å². The van der Waals surface area contributed by atoms with Crippen LogP contribution in [0.15, 0.2) is 18.2 Å². The largest absolute Gasteiger partial charge is 0.488 e. The van der Waals surface area contributed by atoms with Gasteiger partial charge in [-0.15, -0.1) is 0 Å². The lowest BCUT2D eigenvalue weighted by molar-refractivity contribution is 0.0697. The van der Waals surface area contributed by atoms with Crippen LogP contribution in [0, 0.1) is 0 Å². The molecule has 2 rings (SSSR count). The van der Waals surface area contributed by atoms with Crippen molar-refractivity contribution in [3.8, 4) is 5.75 Å². The van der Waals surface area contributed by atoms with Crippen molar-refractivity contribution in [2.24, 2.45) is 0 Å². The van der Waals surface area contributed by atoms with Crippen LogP contribution in [0.1, 0.15) is 48.9 Å². The maximum Gasteiger partial charge on any atom is 0.337 e. The first-order valence-corrected chi connectivity index (χ1v) is 6.47. The molecule has 1 aromatic rings. The summed E-state index contributed by atoms with van der Waals surface area (Å²) < 4.78 is 5.87. The second kappa shape index (κ2) is 5.76. The minimum absolute atomic E-state index is 0.112. The van der Waals surface area contributed by atoms with Crippen LogP contribution in [0.5, 0.6) is 5.75 Å². The van der Waals surface area contributed by atoms with Gasteiger partial charge in [0, 0.05) is 0 Å². The number of carbonyl (C=O) groups is 1. The van der Waals surface area contributed by atoms with Gasteiger partial charge in [0.25, 0.3) is 0 Å². The van der Waals surface area contributed by atoms with Gasteiger partial charge in [0.2, 0.25) is 0 Å². The third-order valence-electron chi connectivity index (χ3n) is 3.39. The number of benzene rings is 1. The monoisotopic (exact) mass is 249 g/mol. The molecular weight excluding hydrogens is 230 g/mol. The molecule has 0 saturated heterocycles. The maximum absolute atomic E-state index is 11.0. The highest BCUT2D eigenvalue weighted by atomic mass is 16.5. The Labute approximate surface area is 107 Å². The summed E-state index contributed by atoms with van der Waals surface area (Å²) in [5.41, 5.74) is 6.18. The average molecular weight is 249 g/mol. The summed E-state index contributed by atoms with van der Waals surface area (Å²) in [6.45, 7) is 0. The fraction of sp³-hybridized carbons (Fsp3) is 0.500. The number of rotatable bonds is 3. The molecule has 1 aliphatic carbocycles. The van der Waals surface area contributed by atoms with Gasteiger partial charge in [-0.3, -0.25) is 0 Å². The van der Waals surface area contributed by atoms with E-state index in [4.69, 9.17) is 15.6 Å². The minimum Gasteiger partial charge on any atom is -0.488 e. The number of nitrogens with two attached hydrogens (primary N) is 1. The van der Waals surface area contributed by atoms with Gasteiger partial charge in [-0.25, -0.2) is 4.79 Å². The van der Waals surface area contributed by atoms with Crippen LogP contribution in [-0.4, -0.2) is 17.2 Å². The Hall–Kier alpha value is -1.71. The molecule has 0 amide bonds. The number of aromatic carboxylic acids is 1. The third-order valence-corrected chi connectivity index (χ3v) is 3.39. The SMILES string of the molecule is Nc1c(OC2CCCCCC2)cccc1C(=O)O. The van der Waals surface area contributed by atoms with Crippen LogP contribution in [0.2, 0.25) is 0 Å². The minimum atomic E-state index is -1.01. The zero-order chi connectivity index (χ0) is 13.0. The van der Waals surface area contributed by atoms with Crippen molar-refractivity contribution in [3.63, 3.8) is 0 Å². The molecule has 98 valence electrons. The normalized spacial score (nSPS) is 17.1. The first-order chi connectivity index (χ1) is 8.68. The van der Waals surface area contributed by atoms with Crippen molar-refractivity contribution >= 4 is 11.7 Å². The van der Waals surface area contributed by atoms with Crippen LogP contribution >= 0.6 is 0 Å². The van der Waals surface area contributed by atoms with Crippen molar-refractivity contribution < 1.29 is 14.6 Å². The number of carboxylic acids is 1. The second-order valence-electron chi connectivity index (χ2n) is 4.75. The number of hydrogen-bond acceptors (Lipinski definition) is 3. The lowest BCUT2D eigenvalue weighted by atomic mass is 10.1. The highest BCUT2D eigenvalue weighted by molar-refractivity contribution is 5.95. The number of carboxylic acid groups (broad SMARTS) is 1. The Morgan fingerprint density at radius 1 is 1.22 bits per heavy atom. The molecule has 4 heteroatoms. The van der Waals surface area contributed by atoms with Crippen LogP contribution < -0.4 is 10.5 Å².